The highest BCUT2D eigenvalue weighted by atomic mass is 32.2. The van der Waals surface area contributed by atoms with E-state index in [9.17, 15) is 18.0 Å². The molecule has 152 valence electrons. The minimum Gasteiger partial charge on any atom is -0.452 e. The molecule has 1 amide bonds. The molecule has 1 aliphatic heterocycles. The van der Waals surface area contributed by atoms with Gasteiger partial charge in [-0.15, -0.1) is 0 Å². The maximum Gasteiger partial charge on any atom is 0.310 e. The molecule has 0 aromatic heterocycles. The first-order chi connectivity index (χ1) is 13.4. The number of ether oxygens (including phenoxy) is 1. The van der Waals surface area contributed by atoms with Crippen LogP contribution in [0.25, 0.3) is 0 Å². The van der Waals surface area contributed by atoms with E-state index in [-0.39, 0.29) is 16.8 Å². The van der Waals surface area contributed by atoms with Gasteiger partial charge < -0.3 is 10.1 Å². The molecule has 1 aliphatic carbocycles. The number of benzene rings is 1. The van der Waals surface area contributed by atoms with Crippen molar-refractivity contribution in [1.29, 1.82) is 0 Å². The smallest absolute Gasteiger partial charge is 0.310 e. The van der Waals surface area contributed by atoms with E-state index in [4.69, 9.17) is 4.74 Å². The summed E-state index contributed by atoms with van der Waals surface area (Å²) in [6.45, 7) is 2.61. The molecule has 0 spiro atoms. The topological polar surface area (TPSA) is 92.8 Å². The second-order valence-electron chi connectivity index (χ2n) is 7.19. The molecular weight excluding hydrogens is 380 g/mol. The molecule has 2 aliphatic rings. The third kappa shape index (κ3) is 4.80. The Morgan fingerprint density at radius 3 is 2.43 bits per heavy atom. The molecule has 2 atom stereocenters. The van der Waals surface area contributed by atoms with Gasteiger partial charge in [0, 0.05) is 18.8 Å². The number of carbonyl (C=O) groups is 2. The Balaban J connectivity index is 1.56. The van der Waals surface area contributed by atoms with Gasteiger partial charge in [-0.2, -0.15) is 4.31 Å². The van der Waals surface area contributed by atoms with Gasteiger partial charge in [-0.3, -0.25) is 9.59 Å². The van der Waals surface area contributed by atoms with Crippen molar-refractivity contribution in [1.82, 2.24) is 4.31 Å². The molecule has 1 heterocycles. The molecule has 1 saturated heterocycles. The second kappa shape index (κ2) is 8.87. The summed E-state index contributed by atoms with van der Waals surface area (Å²) in [5, 5.41) is 2.66. The Kier molecular flexibility index (Phi) is 6.51. The van der Waals surface area contributed by atoms with Crippen molar-refractivity contribution in [2.75, 3.05) is 18.4 Å². The molecule has 3 rings (SSSR count). The number of nitrogens with one attached hydrogen (secondary N) is 1. The minimum atomic E-state index is -3.48. The van der Waals surface area contributed by atoms with Gasteiger partial charge in [0.05, 0.1) is 10.8 Å². The average molecular weight is 407 g/mol. The summed E-state index contributed by atoms with van der Waals surface area (Å²) in [5.41, 5.74) is 0.453. The molecule has 8 heteroatoms. The predicted molar refractivity (Wildman–Crippen MR) is 105 cm³/mol. The van der Waals surface area contributed by atoms with E-state index in [0.29, 0.717) is 25.2 Å². The van der Waals surface area contributed by atoms with Crippen LogP contribution in [0.1, 0.15) is 39.0 Å². The molecule has 0 saturated carbocycles. The number of allylic oxidation sites excluding steroid dienone is 2. The number of sulfonamides is 1. The zero-order valence-electron chi connectivity index (χ0n) is 16.0. The average Bonchev–Trinajstić information content (AvgIpc) is 3.25. The van der Waals surface area contributed by atoms with Gasteiger partial charge in [0.15, 0.2) is 6.10 Å². The maximum absolute atomic E-state index is 12.5. The van der Waals surface area contributed by atoms with E-state index in [1.807, 2.05) is 12.2 Å². The standard InChI is InChI=1S/C20H26N2O5S/c1-15(27-20(24)16-7-3-2-4-8-16)19(23)21-17-9-11-18(12-10-17)28(25,26)22-13-5-6-14-22/h2-3,9-12,15-16H,4-8,13-14H2,1H3,(H,21,23)/t15-,16+/m0/s1. The fourth-order valence-electron chi connectivity index (χ4n) is 3.36. The normalized spacial score (nSPS) is 21.2. The molecule has 1 aromatic rings. The fraction of sp³-hybridized carbons (Fsp3) is 0.500. The molecular formula is C20H26N2O5S. The summed E-state index contributed by atoms with van der Waals surface area (Å²) < 4.78 is 31.8. The number of nitrogens with zero attached hydrogens (tertiary/aromatic N) is 1. The van der Waals surface area contributed by atoms with Crippen molar-refractivity contribution < 1.29 is 22.7 Å². The van der Waals surface area contributed by atoms with Gasteiger partial charge in [0.2, 0.25) is 10.0 Å². The van der Waals surface area contributed by atoms with E-state index in [1.54, 1.807) is 12.1 Å². The van der Waals surface area contributed by atoms with Crippen LogP contribution >= 0.6 is 0 Å². The molecule has 1 N–H and O–H groups in total. The van der Waals surface area contributed by atoms with Gasteiger partial charge in [-0.1, -0.05) is 12.2 Å². The summed E-state index contributed by atoms with van der Waals surface area (Å²) in [5.74, 6) is -1.01. The van der Waals surface area contributed by atoms with Crippen LogP contribution in [0.5, 0.6) is 0 Å². The lowest BCUT2D eigenvalue weighted by molar-refractivity contribution is -0.157. The van der Waals surface area contributed by atoms with Crippen molar-refractivity contribution in [3.63, 3.8) is 0 Å². The van der Waals surface area contributed by atoms with Gasteiger partial charge in [0.25, 0.3) is 5.91 Å². The Hall–Kier alpha value is -2.19. The van der Waals surface area contributed by atoms with Crippen molar-refractivity contribution in [3.8, 4) is 0 Å². The lowest BCUT2D eigenvalue weighted by atomic mass is 9.95. The van der Waals surface area contributed by atoms with E-state index < -0.39 is 22.0 Å². The van der Waals surface area contributed by atoms with Crippen LogP contribution in [0.15, 0.2) is 41.3 Å². The summed E-state index contributed by atoms with van der Waals surface area (Å²) in [7, 11) is -3.48. The minimum absolute atomic E-state index is 0.199. The summed E-state index contributed by atoms with van der Waals surface area (Å²) in [6, 6.07) is 6.05. The SMILES string of the molecule is C[C@H](OC(=O)[C@@H]1CC=CCC1)C(=O)Nc1ccc(S(=O)(=O)N2CCCC2)cc1. The number of esters is 1. The molecule has 28 heavy (non-hydrogen) atoms. The Labute approximate surface area is 165 Å². The predicted octanol–water partition coefficient (Wildman–Crippen LogP) is 2.70. The van der Waals surface area contributed by atoms with Gasteiger partial charge in [-0.05, 0) is 63.3 Å². The molecule has 1 aromatic carbocycles. The number of hydrogen-bond donors (Lipinski definition) is 1. The first kappa shape index (κ1) is 20.5. The molecule has 0 radical (unpaired) electrons. The summed E-state index contributed by atoms with van der Waals surface area (Å²) in [6.07, 6.45) is 7.03. The number of rotatable bonds is 6. The Morgan fingerprint density at radius 1 is 1.14 bits per heavy atom. The van der Waals surface area contributed by atoms with E-state index >= 15 is 0 Å². The molecule has 0 bridgehead atoms. The Bertz CT molecular complexity index is 842. The number of hydrogen-bond acceptors (Lipinski definition) is 5. The maximum atomic E-state index is 12.5. The lowest BCUT2D eigenvalue weighted by Crippen LogP contribution is -2.32. The highest BCUT2D eigenvalue weighted by Gasteiger charge is 2.27. The van der Waals surface area contributed by atoms with Crippen molar-refractivity contribution >= 4 is 27.6 Å². The highest BCUT2D eigenvalue weighted by molar-refractivity contribution is 7.89. The van der Waals surface area contributed by atoms with Crippen molar-refractivity contribution in [2.24, 2.45) is 5.92 Å². The quantitative estimate of drug-likeness (QED) is 0.579. The first-order valence-electron chi connectivity index (χ1n) is 9.64. The van der Waals surface area contributed by atoms with Crippen LogP contribution in [-0.4, -0.2) is 43.8 Å². The molecule has 0 unspecified atom stereocenters. The fourth-order valence-corrected chi connectivity index (χ4v) is 4.88. The third-order valence-electron chi connectivity index (χ3n) is 5.09. The van der Waals surface area contributed by atoms with Crippen molar-refractivity contribution in [3.05, 3.63) is 36.4 Å². The monoisotopic (exact) mass is 406 g/mol. The first-order valence-corrected chi connectivity index (χ1v) is 11.1. The van der Waals surface area contributed by atoms with Crippen LogP contribution in [-0.2, 0) is 24.3 Å². The molecule has 1 fully saturated rings. The van der Waals surface area contributed by atoms with Gasteiger partial charge in [0.1, 0.15) is 0 Å². The third-order valence-corrected chi connectivity index (χ3v) is 7.00. The number of anilines is 1. The Morgan fingerprint density at radius 2 is 1.82 bits per heavy atom. The second-order valence-corrected chi connectivity index (χ2v) is 9.12. The van der Waals surface area contributed by atoms with Gasteiger partial charge >= 0.3 is 5.97 Å². The summed E-state index contributed by atoms with van der Waals surface area (Å²) in [4.78, 5) is 24.6. The van der Waals surface area contributed by atoms with Crippen LogP contribution in [0.4, 0.5) is 5.69 Å². The van der Waals surface area contributed by atoms with Crippen molar-refractivity contribution in [2.45, 2.75) is 50.0 Å². The van der Waals surface area contributed by atoms with Crippen LogP contribution < -0.4 is 5.32 Å². The van der Waals surface area contributed by atoms with Gasteiger partial charge in [-0.25, -0.2) is 8.42 Å². The summed E-state index contributed by atoms with van der Waals surface area (Å²) >= 11 is 0. The van der Waals surface area contributed by atoms with Crippen LogP contribution in [0.3, 0.4) is 0 Å². The van der Waals surface area contributed by atoms with E-state index in [0.717, 1.165) is 25.7 Å². The van der Waals surface area contributed by atoms with E-state index in [2.05, 4.69) is 5.32 Å². The van der Waals surface area contributed by atoms with Crippen LogP contribution in [0, 0.1) is 5.92 Å². The molecule has 7 nitrogen and oxygen atoms in total. The zero-order valence-corrected chi connectivity index (χ0v) is 16.8. The van der Waals surface area contributed by atoms with E-state index in [1.165, 1.54) is 23.4 Å². The zero-order chi connectivity index (χ0) is 20.1. The largest absolute Gasteiger partial charge is 0.452 e. The van der Waals surface area contributed by atoms with Crippen LogP contribution in [0.2, 0.25) is 0 Å². The number of carbonyl (C=O) groups excluding carboxylic acids is 2. The highest BCUT2D eigenvalue weighted by Crippen LogP contribution is 2.23. The lowest BCUT2D eigenvalue weighted by Gasteiger charge is -2.20. The number of amides is 1.